The number of aromatic amines is 1. The Morgan fingerprint density at radius 3 is 2.70 bits per heavy atom. The van der Waals surface area contributed by atoms with Gasteiger partial charge in [0.05, 0.1) is 5.69 Å². The van der Waals surface area contributed by atoms with Crippen molar-refractivity contribution < 1.29 is 4.79 Å². The molecule has 0 spiro atoms. The van der Waals surface area contributed by atoms with Crippen molar-refractivity contribution in [3.63, 3.8) is 0 Å². The predicted molar refractivity (Wildman–Crippen MR) is 107 cm³/mol. The largest absolute Gasteiger partial charge is 0.356 e. The Morgan fingerprint density at radius 1 is 1.22 bits per heavy atom. The van der Waals surface area contributed by atoms with Crippen LogP contribution in [0.4, 0.5) is 0 Å². The van der Waals surface area contributed by atoms with E-state index in [2.05, 4.69) is 15.2 Å². The number of hydrogen-bond donors (Lipinski definition) is 2. The van der Waals surface area contributed by atoms with E-state index in [4.69, 9.17) is 4.98 Å². The highest BCUT2D eigenvalue weighted by Gasteiger charge is 2.25. The lowest BCUT2D eigenvalue weighted by Crippen LogP contribution is -2.33. The minimum absolute atomic E-state index is 0.0573. The molecule has 2 N–H and O–H groups in total. The minimum Gasteiger partial charge on any atom is -0.356 e. The summed E-state index contributed by atoms with van der Waals surface area (Å²) in [6.45, 7) is 1.65. The Bertz CT molecular complexity index is 830. The van der Waals surface area contributed by atoms with Crippen LogP contribution in [-0.2, 0) is 17.6 Å². The smallest absolute Gasteiger partial charge is 0.254 e. The Morgan fingerprint density at radius 2 is 1.96 bits per heavy atom. The van der Waals surface area contributed by atoms with Crippen LogP contribution in [0, 0.1) is 5.92 Å². The summed E-state index contributed by atoms with van der Waals surface area (Å²) in [5.41, 5.74) is 2.39. The van der Waals surface area contributed by atoms with E-state index in [0.29, 0.717) is 31.6 Å². The van der Waals surface area contributed by atoms with Gasteiger partial charge in [0.2, 0.25) is 5.91 Å². The molecule has 0 fully saturated rings. The molecule has 1 amide bonds. The van der Waals surface area contributed by atoms with E-state index in [0.717, 1.165) is 36.2 Å². The fourth-order valence-electron chi connectivity index (χ4n) is 3.53. The predicted octanol–water partition coefficient (Wildman–Crippen LogP) is 2.00. The van der Waals surface area contributed by atoms with Gasteiger partial charge in [-0.25, -0.2) is 4.98 Å². The van der Waals surface area contributed by atoms with Crippen LogP contribution in [0.15, 0.2) is 35.1 Å². The highest BCUT2D eigenvalue weighted by atomic mass is 16.2. The second kappa shape index (κ2) is 8.95. The number of amides is 1. The first kappa shape index (κ1) is 19.3. The molecular weight excluding hydrogens is 340 g/mol. The van der Waals surface area contributed by atoms with Gasteiger partial charge in [0.25, 0.3) is 5.56 Å². The maximum absolute atomic E-state index is 12.6. The summed E-state index contributed by atoms with van der Waals surface area (Å²) in [5.74, 6) is 0.644. The van der Waals surface area contributed by atoms with Crippen LogP contribution < -0.4 is 10.9 Å². The zero-order valence-corrected chi connectivity index (χ0v) is 16.1. The van der Waals surface area contributed by atoms with Crippen molar-refractivity contribution in [3.8, 4) is 11.4 Å². The number of fused-ring (bicyclic) bond motifs is 1. The number of H-pyrrole nitrogens is 1. The van der Waals surface area contributed by atoms with Crippen molar-refractivity contribution in [1.29, 1.82) is 0 Å². The Balaban J connectivity index is 1.66. The number of nitrogens with one attached hydrogen (secondary N) is 2. The molecule has 1 aliphatic rings. The fourth-order valence-corrected chi connectivity index (χ4v) is 3.53. The summed E-state index contributed by atoms with van der Waals surface area (Å²) >= 11 is 0. The van der Waals surface area contributed by atoms with Gasteiger partial charge in [0, 0.05) is 23.6 Å². The molecule has 1 unspecified atom stereocenters. The Hall–Kier alpha value is -2.47. The van der Waals surface area contributed by atoms with Crippen LogP contribution in [-0.4, -0.2) is 48.0 Å². The monoisotopic (exact) mass is 368 g/mol. The SMILES string of the molecule is CN(C)CCCNC(=O)C1CCc2nc(-c3ccccc3)[nH]c(=O)c2CC1. The molecule has 1 heterocycles. The van der Waals surface area contributed by atoms with E-state index in [1.165, 1.54) is 0 Å². The molecule has 144 valence electrons. The quantitative estimate of drug-likeness (QED) is 0.604. The van der Waals surface area contributed by atoms with Crippen molar-refractivity contribution in [2.75, 3.05) is 27.2 Å². The molecule has 1 aliphatic carbocycles. The molecular formula is C21H28N4O2. The maximum atomic E-state index is 12.6. The molecule has 0 saturated carbocycles. The van der Waals surface area contributed by atoms with Gasteiger partial charge in [0.15, 0.2) is 0 Å². The van der Waals surface area contributed by atoms with Gasteiger partial charge in [-0.3, -0.25) is 9.59 Å². The summed E-state index contributed by atoms with van der Waals surface area (Å²) in [5, 5.41) is 3.04. The van der Waals surface area contributed by atoms with Crippen molar-refractivity contribution in [2.24, 2.45) is 5.92 Å². The van der Waals surface area contributed by atoms with E-state index < -0.39 is 0 Å². The van der Waals surface area contributed by atoms with Crippen LogP contribution in [0.5, 0.6) is 0 Å². The van der Waals surface area contributed by atoms with Crippen LogP contribution in [0.25, 0.3) is 11.4 Å². The van der Waals surface area contributed by atoms with Gasteiger partial charge in [-0.1, -0.05) is 30.3 Å². The molecule has 0 aliphatic heterocycles. The van der Waals surface area contributed by atoms with Crippen molar-refractivity contribution in [1.82, 2.24) is 20.2 Å². The number of aromatic nitrogens is 2. The number of rotatable bonds is 6. The molecule has 1 atom stereocenters. The molecule has 0 radical (unpaired) electrons. The average Bonchev–Trinajstić information content (AvgIpc) is 2.89. The zero-order valence-electron chi connectivity index (χ0n) is 16.1. The molecule has 3 rings (SSSR count). The third-order valence-corrected chi connectivity index (χ3v) is 5.07. The number of hydrogen-bond acceptors (Lipinski definition) is 4. The van der Waals surface area contributed by atoms with Gasteiger partial charge in [-0.2, -0.15) is 0 Å². The van der Waals surface area contributed by atoms with Crippen molar-refractivity contribution >= 4 is 5.91 Å². The van der Waals surface area contributed by atoms with Crippen molar-refractivity contribution in [2.45, 2.75) is 32.1 Å². The number of nitrogens with zero attached hydrogens (tertiary/aromatic N) is 2. The van der Waals surface area contributed by atoms with Crippen LogP contribution in [0.2, 0.25) is 0 Å². The summed E-state index contributed by atoms with van der Waals surface area (Å²) in [4.78, 5) is 34.8. The zero-order chi connectivity index (χ0) is 19.2. The van der Waals surface area contributed by atoms with E-state index in [-0.39, 0.29) is 17.4 Å². The lowest BCUT2D eigenvalue weighted by molar-refractivity contribution is -0.125. The van der Waals surface area contributed by atoms with Crippen molar-refractivity contribution in [3.05, 3.63) is 51.9 Å². The van der Waals surface area contributed by atoms with Gasteiger partial charge in [-0.05, 0) is 52.7 Å². The van der Waals surface area contributed by atoms with E-state index >= 15 is 0 Å². The van der Waals surface area contributed by atoms with E-state index in [1.807, 2.05) is 44.4 Å². The Kier molecular flexibility index (Phi) is 6.40. The molecule has 6 heteroatoms. The highest BCUT2D eigenvalue weighted by Crippen LogP contribution is 2.23. The first-order valence-corrected chi connectivity index (χ1v) is 9.64. The molecule has 0 saturated heterocycles. The summed E-state index contributed by atoms with van der Waals surface area (Å²) in [6.07, 6.45) is 3.63. The lowest BCUT2D eigenvalue weighted by Gasteiger charge is -2.15. The lowest BCUT2D eigenvalue weighted by atomic mass is 9.99. The number of aryl methyl sites for hydroxylation is 1. The third-order valence-electron chi connectivity index (χ3n) is 5.07. The van der Waals surface area contributed by atoms with Crippen LogP contribution in [0.1, 0.15) is 30.5 Å². The average molecular weight is 368 g/mol. The van der Waals surface area contributed by atoms with E-state index in [9.17, 15) is 9.59 Å². The van der Waals surface area contributed by atoms with Gasteiger partial charge in [-0.15, -0.1) is 0 Å². The number of benzene rings is 1. The van der Waals surface area contributed by atoms with E-state index in [1.54, 1.807) is 0 Å². The minimum atomic E-state index is -0.0779. The Labute approximate surface area is 160 Å². The summed E-state index contributed by atoms with van der Waals surface area (Å²) < 4.78 is 0. The van der Waals surface area contributed by atoms with Gasteiger partial charge < -0.3 is 15.2 Å². The fraction of sp³-hybridized carbons (Fsp3) is 0.476. The van der Waals surface area contributed by atoms with Gasteiger partial charge >= 0.3 is 0 Å². The highest BCUT2D eigenvalue weighted by molar-refractivity contribution is 5.78. The molecule has 2 aromatic rings. The standard InChI is InChI=1S/C21H28N4O2/c1-25(2)14-6-13-22-20(26)16-9-11-17-18(12-10-16)23-19(24-21(17)27)15-7-4-3-5-8-15/h3-5,7-8,16H,6,9-14H2,1-2H3,(H,22,26)(H,23,24,27). The second-order valence-corrected chi connectivity index (χ2v) is 7.43. The normalized spacial score (nSPS) is 16.6. The maximum Gasteiger partial charge on any atom is 0.254 e. The van der Waals surface area contributed by atoms with Gasteiger partial charge in [0.1, 0.15) is 5.82 Å². The first-order chi connectivity index (χ1) is 13.0. The van der Waals surface area contributed by atoms with Crippen LogP contribution in [0.3, 0.4) is 0 Å². The van der Waals surface area contributed by atoms with Crippen LogP contribution >= 0.6 is 0 Å². The molecule has 1 aromatic carbocycles. The molecule has 1 aromatic heterocycles. The molecule has 6 nitrogen and oxygen atoms in total. The summed E-state index contributed by atoms with van der Waals surface area (Å²) in [6, 6.07) is 9.67. The first-order valence-electron chi connectivity index (χ1n) is 9.64. The summed E-state index contributed by atoms with van der Waals surface area (Å²) in [7, 11) is 4.05. The second-order valence-electron chi connectivity index (χ2n) is 7.43. The number of carbonyl (C=O) groups excluding carboxylic acids is 1. The molecule has 0 bridgehead atoms. The number of carbonyl (C=O) groups is 1. The molecule has 27 heavy (non-hydrogen) atoms. The third kappa shape index (κ3) is 5.04. The topological polar surface area (TPSA) is 78.1 Å².